The van der Waals surface area contributed by atoms with Gasteiger partial charge < -0.3 is 5.11 Å². The van der Waals surface area contributed by atoms with Crippen LogP contribution in [0.25, 0.3) is 0 Å². The van der Waals surface area contributed by atoms with Gasteiger partial charge in [-0.3, -0.25) is 0 Å². The fourth-order valence-electron chi connectivity index (χ4n) is 4.33. The van der Waals surface area contributed by atoms with Crippen molar-refractivity contribution >= 4 is 0 Å². The largest absolute Gasteiger partial charge is 0.396 e. The minimum atomic E-state index is 0.0614. The quantitative estimate of drug-likeness (QED) is 0.839. The third-order valence-electron chi connectivity index (χ3n) is 5.07. The molecule has 1 N–H and O–H groups in total. The van der Waals surface area contributed by atoms with E-state index in [2.05, 4.69) is 44.2 Å². The second kappa shape index (κ2) is 4.38. The molecule has 1 aromatic carbocycles. The Kier molecular flexibility index (Phi) is 2.97. The number of hydrogen-bond donors (Lipinski definition) is 1. The second-order valence-electron chi connectivity index (χ2n) is 6.23. The van der Waals surface area contributed by atoms with E-state index in [4.69, 9.17) is 0 Å². The van der Waals surface area contributed by atoms with Crippen molar-refractivity contribution in [3.63, 3.8) is 0 Å². The SMILES string of the molecule is CC1(C)[C](CO)C2CCCC2[C]1c1ccccc1. The van der Waals surface area contributed by atoms with E-state index in [0.29, 0.717) is 11.8 Å². The average molecular weight is 242 g/mol. The van der Waals surface area contributed by atoms with Crippen molar-refractivity contribution in [1.82, 2.24) is 0 Å². The molecule has 1 nitrogen and oxygen atoms in total. The summed E-state index contributed by atoms with van der Waals surface area (Å²) in [5, 5.41) is 9.76. The van der Waals surface area contributed by atoms with Crippen LogP contribution in [0.2, 0.25) is 0 Å². The van der Waals surface area contributed by atoms with Crippen molar-refractivity contribution in [2.45, 2.75) is 33.1 Å². The Morgan fingerprint density at radius 3 is 2.44 bits per heavy atom. The molecule has 0 amide bonds. The molecule has 2 fully saturated rings. The van der Waals surface area contributed by atoms with Gasteiger partial charge in [0.1, 0.15) is 0 Å². The maximum absolute atomic E-state index is 9.76. The molecule has 96 valence electrons. The summed E-state index contributed by atoms with van der Waals surface area (Å²) in [6.45, 7) is 4.84. The lowest BCUT2D eigenvalue weighted by atomic mass is 9.70. The van der Waals surface area contributed by atoms with Gasteiger partial charge in [-0.1, -0.05) is 50.6 Å². The standard InChI is InChI=1S/C17H22O/c1-17(2)15(11-18)13-9-6-10-14(13)16(17)12-7-4-3-5-8-12/h3-5,7-8,13-14,18H,6,9-11H2,1-2H3. The van der Waals surface area contributed by atoms with Crippen LogP contribution >= 0.6 is 0 Å². The van der Waals surface area contributed by atoms with E-state index in [1.807, 2.05) is 0 Å². The van der Waals surface area contributed by atoms with Gasteiger partial charge in [0.2, 0.25) is 0 Å². The van der Waals surface area contributed by atoms with Crippen LogP contribution in [0.4, 0.5) is 0 Å². The Bertz CT molecular complexity index is 409. The van der Waals surface area contributed by atoms with Crippen LogP contribution in [0.5, 0.6) is 0 Å². The monoisotopic (exact) mass is 242 g/mol. The van der Waals surface area contributed by atoms with Gasteiger partial charge >= 0.3 is 0 Å². The van der Waals surface area contributed by atoms with Crippen LogP contribution < -0.4 is 0 Å². The summed E-state index contributed by atoms with van der Waals surface area (Å²) in [6, 6.07) is 10.8. The van der Waals surface area contributed by atoms with Crippen LogP contribution in [0.15, 0.2) is 30.3 Å². The molecule has 0 heterocycles. The maximum atomic E-state index is 9.76. The van der Waals surface area contributed by atoms with Crippen LogP contribution in [0.3, 0.4) is 0 Å². The third kappa shape index (κ3) is 1.64. The fraction of sp³-hybridized carbons (Fsp3) is 0.529. The van der Waals surface area contributed by atoms with Crippen LogP contribution in [0.1, 0.15) is 38.7 Å². The predicted octanol–water partition coefficient (Wildman–Crippen LogP) is 3.63. The molecule has 3 rings (SSSR count). The molecule has 0 aliphatic heterocycles. The van der Waals surface area contributed by atoms with Gasteiger partial charge in [-0.05, 0) is 35.7 Å². The molecule has 2 saturated carbocycles. The summed E-state index contributed by atoms with van der Waals surface area (Å²) in [6.07, 6.45) is 3.87. The normalized spacial score (nSPS) is 31.7. The molecule has 2 aliphatic rings. The fourth-order valence-corrected chi connectivity index (χ4v) is 4.33. The molecule has 0 saturated heterocycles. The molecule has 1 aromatic rings. The number of fused-ring (bicyclic) bond motifs is 1. The van der Waals surface area contributed by atoms with Crippen LogP contribution in [0, 0.1) is 29.1 Å². The highest BCUT2D eigenvalue weighted by Crippen LogP contribution is 2.63. The molecule has 0 aromatic heterocycles. The number of aliphatic hydroxyl groups excluding tert-OH is 1. The first-order chi connectivity index (χ1) is 8.66. The topological polar surface area (TPSA) is 20.2 Å². The highest BCUT2D eigenvalue weighted by molar-refractivity contribution is 5.45. The van der Waals surface area contributed by atoms with Gasteiger partial charge in [0.25, 0.3) is 0 Å². The van der Waals surface area contributed by atoms with E-state index in [1.54, 1.807) is 5.92 Å². The Balaban J connectivity index is 2.02. The Labute approximate surface area is 110 Å². The van der Waals surface area contributed by atoms with Crippen LogP contribution in [-0.2, 0) is 0 Å². The summed E-state index contributed by atoms with van der Waals surface area (Å²) in [5.74, 6) is 4.23. The molecular formula is C17H22O. The third-order valence-corrected chi connectivity index (χ3v) is 5.07. The van der Waals surface area contributed by atoms with Crippen molar-refractivity contribution in [3.05, 3.63) is 47.7 Å². The highest BCUT2D eigenvalue weighted by atomic mass is 16.3. The smallest absolute Gasteiger partial charge is 0.0502 e. The molecular weight excluding hydrogens is 220 g/mol. The Morgan fingerprint density at radius 2 is 1.78 bits per heavy atom. The lowest BCUT2D eigenvalue weighted by Crippen LogP contribution is -2.28. The average Bonchev–Trinajstić information content (AvgIpc) is 2.86. The van der Waals surface area contributed by atoms with E-state index in [9.17, 15) is 5.11 Å². The molecule has 2 unspecified atom stereocenters. The molecule has 0 bridgehead atoms. The van der Waals surface area contributed by atoms with E-state index in [0.717, 1.165) is 0 Å². The Hall–Kier alpha value is -0.820. The number of hydrogen-bond acceptors (Lipinski definition) is 1. The van der Waals surface area contributed by atoms with Crippen molar-refractivity contribution < 1.29 is 5.11 Å². The van der Waals surface area contributed by atoms with E-state index < -0.39 is 0 Å². The van der Waals surface area contributed by atoms with Gasteiger partial charge in [0, 0.05) is 11.8 Å². The van der Waals surface area contributed by atoms with Crippen molar-refractivity contribution in [2.75, 3.05) is 6.61 Å². The van der Waals surface area contributed by atoms with Crippen molar-refractivity contribution in [3.8, 4) is 0 Å². The van der Waals surface area contributed by atoms with E-state index >= 15 is 0 Å². The number of benzene rings is 1. The maximum Gasteiger partial charge on any atom is 0.0502 e. The number of aliphatic hydroxyl groups is 1. The zero-order chi connectivity index (χ0) is 12.8. The second-order valence-corrected chi connectivity index (χ2v) is 6.23. The molecule has 1 heteroatoms. The van der Waals surface area contributed by atoms with Gasteiger partial charge in [0.05, 0.1) is 6.61 Å². The summed E-state index contributed by atoms with van der Waals surface area (Å²) >= 11 is 0. The lowest BCUT2D eigenvalue weighted by molar-refractivity contribution is 0.244. The van der Waals surface area contributed by atoms with Crippen LogP contribution in [-0.4, -0.2) is 11.7 Å². The molecule has 2 aliphatic carbocycles. The van der Waals surface area contributed by atoms with Gasteiger partial charge in [-0.25, -0.2) is 0 Å². The first kappa shape index (κ1) is 12.2. The summed E-state index contributed by atoms with van der Waals surface area (Å²) < 4.78 is 0. The first-order valence-corrected chi connectivity index (χ1v) is 7.06. The minimum Gasteiger partial charge on any atom is -0.396 e. The summed E-state index contributed by atoms with van der Waals surface area (Å²) in [5.41, 5.74) is 1.44. The van der Waals surface area contributed by atoms with Gasteiger partial charge in [0.15, 0.2) is 0 Å². The Morgan fingerprint density at radius 1 is 1.11 bits per heavy atom. The zero-order valence-corrected chi connectivity index (χ0v) is 11.3. The lowest BCUT2D eigenvalue weighted by Gasteiger charge is -2.34. The molecule has 0 spiro atoms. The van der Waals surface area contributed by atoms with E-state index in [-0.39, 0.29) is 12.0 Å². The predicted molar refractivity (Wildman–Crippen MR) is 73.7 cm³/mol. The van der Waals surface area contributed by atoms with Crippen molar-refractivity contribution in [1.29, 1.82) is 0 Å². The highest BCUT2D eigenvalue weighted by Gasteiger charge is 2.57. The summed E-state index contributed by atoms with van der Waals surface area (Å²) in [4.78, 5) is 0. The number of rotatable bonds is 2. The van der Waals surface area contributed by atoms with Gasteiger partial charge in [-0.2, -0.15) is 0 Å². The minimum absolute atomic E-state index is 0.0614. The summed E-state index contributed by atoms with van der Waals surface area (Å²) in [7, 11) is 0. The first-order valence-electron chi connectivity index (χ1n) is 7.06. The van der Waals surface area contributed by atoms with Gasteiger partial charge in [-0.15, -0.1) is 0 Å². The molecule has 2 atom stereocenters. The zero-order valence-electron chi connectivity index (χ0n) is 11.3. The molecule has 2 radical (unpaired) electrons. The van der Waals surface area contributed by atoms with E-state index in [1.165, 1.54) is 30.7 Å². The van der Waals surface area contributed by atoms with Crippen molar-refractivity contribution in [2.24, 2.45) is 17.3 Å². The molecule has 18 heavy (non-hydrogen) atoms.